The Kier molecular flexibility index (Phi) is 2.27. The molecule has 0 saturated carbocycles. The van der Waals surface area contributed by atoms with Crippen molar-refractivity contribution in [3.63, 3.8) is 0 Å². The fourth-order valence-electron chi connectivity index (χ4n) is 1.02. The van der Waals surface area contributed by atoms with Gasteiger partial charge >= 0.3 is 0 Å². The van der Waals surface area contributed by atoms with Gasteiger partial charge < -0.3 is 11.5 Å². The maximum absolute atomic E-state index is 10.8. The third-order valence-corrected chi connectivity index (χ3v) is 1.75. The number of rotatable bonds is 2. The van der Waals surface area contributed by atoms with Crippen LogP contribution < -0.4 is 11.5 Å². The van der Waals surface area contributed by atoms with Crippen molar-refractivity contribution in [2.45, 2.75) is 6.92 Å². The second-order valence-corrected chi connectivity index (χ2v) is 2.59. The van der Waals surface area contributed by atoms with Crippen molar-refractivity contribution in [1.82, 2.24) is 4.98 Å². The molecular weight excluding hydrogens is 170 g/mol. The van der Waals surface area contributed by atoms with Gasteiger partial charge in [-0.25, -0.2) is 0 Å². The number of aromatic nitrogens is 1. The van der Waals surface area contributed by atoms with Gasteiger partial charge in [-0.05, 0) is 12.5 Å². The van der Waals surface area contributed by atoms with Crippen LogP contribution in [0.25, 0.3) is 0 Å². The minimum Gasteiger partial charge on any atom is -0.366 e. The average molecular weight is 179 g/mol. The number of pyridine rings is 1. The van der Waals surface area contributed by atoms with Crippen LogP contribution in [0.3, 0.4) is 0 Å². The summed E-state index contributed by atoms with van der Waals surface area (Å²) in [5.74, 6) is -1.23. The van der Waals surface area contributed by atoms with E-state index in [1.807, 2.05) is 0 Å². The van der Waals surface area contributed by atoms with E-state index < -0.39 is 11.8 Å². The van der Waals surface area contributed by atoms with E-state index in [2.05, 4.69) is 4.98 Å². The zero-order valence-electron chi connectivity index (χ0n) is 7.07. The number of amides is 2. The molecule has 4 N–H and O–H groups in total. The lowest BCUT2D eigenvalue weighted by Crippen LogP contribution is -2.18. The summed E-state index contributed by atoms with van der Waals surface area (Å²) in [7, 11) is 0. The molecule has 0 aromatic carbocycles. The highest BCUT2D eigenvalue weighted by molar-refractivity contribution is 6.00. The third kappa shape index (κ3) is 1.64. The van der Waals surface area contributed by atoms with Crippen LogP contribution in [-0.2, 0) is 0 Å². The van der Waals surface area contributed by atoms with E-state index >= 15 is 0 Å². The minimum atomic E-state index is -0.617. The fourth-order valence-corrected chi connectivity index (χ4v) is 1.02. The quantitative estimate of drug-likeness (QED) is 0.645. The highest BCUT2D eigenvalue weighted by Crippen LogP contribution is 2.10. The van der Waals surface area contributed by atoms with E-state index in [4.69, 9.17) is 11.5 Å². The molecule has 2 amide bonds. The summed E-state index contributed by atoms with van der Waals surface area (Å²) < 4.78 is 0. The van der Waals surface area contributed by atoms with Gasteiger partial charge in [0.25, 0.3) is 11.8 Å². The molecule has 1 heterocycles. The smallest absolute Gasteiger partial charge is 0.250 e. The number of nitrogens with zero attached hydrogens (tertiary/aromatic N) is 1. The Bertz CT molecular complexity index is 341. The zero-order valence-corrected chi connectivity index (χ0v) is 7.07. The Hall–Kier alpha value is -1.91. The highest BCUT2D eigenvalue weighted by atomic mass is 16.1. The number of hydrogen-bond acceptors (Lipinski definition) is 3. The molecule has 0 aliphatic heterocycles. The second-order valence-electron chi connectivity index (χ2n) is 2.59. The SMILES string of the molecule is Cc1c(C(N)=O)cncc1C(N)=O. The van der Waals surface area contributed by atoms with Crippen LogP contribution in [0.15, 0.2) is 12.4 Å². The van der Waals surface area contributed by atoms with Gasteiger partial charge in [-0.1, -0.05) is 0 Å². The summed E-state index contributed by atoms with van der Waals surface area (Å²) in [6.07, 6.45) is 2.62. The van der Waals surface area contributed by atoms with E-state index in [-0.39, 0.29) is 11.1 Å². The first-order chi connectivity index (χ1) is 6.04. The lowest BCUT2D eigenvalue weighted by molar-refractivity contribution is 0.0999. The molecule has 0 unspecified atom stereocenters. The van der Waals surface area contributed by atoms with Crippen LogP contribution in [0.2, 0.25) is 0 Å². The van der Waals surface area contributed by atoms with Gasteiger partial charge in [-0.15, -0.1) is 0 Å². The van der Waals surface area contributed by atoms with Gasteiger partial charge in [-0.2, -0.15) is 0 Å². The number of primary amides is 2. The topological polar surface area (TPSA) is 99.1 Å². The molecule has 0 fully saturated rings. The summed E-state index contributed by atoms with van der Waals surface area (Å²) in [5, 5.41) is 0. The maximum atomic E-state index is 10.8. The second kappa shape index (κ2) is 3.22. The van der Waals surface area contributed by atoms with Gasteiger partial charge in [0.2, 0.25) is 0 Å². The first-order valence-electron chi connectivity index (χ1n) is 3.58. The Morgan fingerprint density at radius 1 is 1.15 bits per heavy atom. The Morgan fingerprint density at radius 3 is 1.85 bits per heavy atom. The van der Waals surface area contributed by atoms with E-state index in [9.17, 15) is 9.59 Å². The van der Waals surface area contributed by atoms with E-state index in [0.717, 1.165) is 0 Å². The summed E-state index contributed by atoms with van der Waals surface area (Å²) in [4.78, 5) is 25.3. The molecule has 1 aromatic rings. The van der Waals surface area contributed by atoms with Crippen molar-refractivity contribution >= 4 is 11.8 Å². The van der Waals surface area contributed by atoms with Crippen LogP contribution >= 0.6 is 0 Å². The van der Waals surface area contributed by atoms with Gasteiger partial charge in [0.05, 0.1) is 11.1 Å². The Labute approximate surface area is 74.7 Å². The third-order valence-electron chi connectivity index (χ3n) is 1.75. The summed E-state index contributed by atoms with van der Waals surface area (Å²) in [6, 6.07) is 0. The molecule has 5 heteroatoms. The molecule has 5 nitrogen and oxygen atoms in total. The first kappa shape index (κ1) is 9.18. The number of carbonyl (C=O) groups is 2. The molecule has 0 radical (unpaired) electrons. The monoisotopic (exact) mass is 179 g/mol. The molecular formula is C8H9N3O2. The van der Waals surface area contributed by atoms with Crippen LogP contribution in [0, 0.1) is 6.92 Å². The van der Waals surface area contributed by atoms with E-state index in [1.165, 1.54) is 12.4 Å². The number of carbonyl (C=O) groups excluding carboxylic acids is 2. The van der Waals surface area contributed by atoms with Crippen LogP contribution in [-0.4, -0.2) is 16.8 Å². The van der Waals surface area contributed by atoms with Crippen molar-refractivity contribution in [3.05, 3.63) is 29.1 Å². The highest BCUT2D eigenvalue weighted by Gasteiger charge is 2.12. The van der Waals surface area contributed by atoms with Crippen LogP contribution in [0.5, 0.6) is 0 Å². The largest absolute Gasteiger partial charge is 0.366 e. The molecule has 0 saturated heterocycles. The molecule has 68 valence electrons. The summed E-state index contributed by atoms with van der Waals surface area (Å²) in [6.45, 7) is 1.60. The normalized spacial score (nSPS) is 9.62. The molecule has 0 bridgehead atoms. The summed E-state index contributed by atoms with van der Waals surface area (Å²) >= 11 is 0. The molecule has 1 rings (SSSR count). The fraction of sp³-hybridized carbons (Fsp3) is 0.125. The van der Waals surface area contributed by atoms with Crippen molar-refractivity contribution in [3.8, 4) is 0 Å². The Balaban J connectivity index is 3.35. The molecule has 0 atom stereocenters. The van der Waals surface area contributed by atoms with E-state index in [0.29, 0.717) is 5.56 Å². The average Bonchev–Trinajstić information content (AvgIpc) is 2.03. The molecule has 0 spiro atoms. The molecule has 13 heavy (non-hydrogen) atoms. The lowest BCUT2D eigenvalue weighted by Gasteiger charge is -2.03. The summed E-state index contributed by atoms with van der Waals surface area (Å²) in [5.41, 5.74) is 11.0. The zero-order chi connectivity index (χ0) is 10.0. The van der Waals surface area contributed by atoms with Gasteiger partial charge in [0.1, 0.15) is 0 Å². The van der Waals surface area contributed by atoms with Crippen molar-refractivity contribution < 1.29 is 9.59 Å². The minimum absolute atomic E-state index is 0.219. The first-order valence-corrected chi connectivity index (χ1v) is 3.58. The molecule has 0 aliphatic rings. The maximum Gasteiger partial charge on any atom is 0.250 e. The molecule has 1 aromatic heterocycles. The van der Waals surface area contributed by atoms with Crippen LogP contribution in [0.1, 0.15) is 26.3 Å². The Morgan fingerprint density at radius 2 is 1.54 bits per heavy atom. The number of hydrogen-bond donors (Lipinski definition) is 2. The lowest BCUT2D eigenvalue weighted by atomic mass is 10.1. The van der Waals surface area contributed by atoms with Gasteiger partial charge in [0.15, 0.2) is 0 Å². The van der Waals surface area contributed by atoms with Crippen molar-refractivity contribution in [2.75, 3.05) is 0 Å². The van der Waals surface area contributed by atoms with Gasteiger partial charge in [-0.3, -0.25) is 14.6 Å². The molecule has 0 aliphatic carbocycles. The van der Waals surface area contributed by atoms with Crippen molar-refractivity contribution in [2.24, 2.45) is 11.5 Å². The van der Waals surface area contributed by atoms with Crippen molar-refractivity contribution in [1.29, 1.82) is 0 Å². The van der Waals surface area contributed by atoms with Gasteiger partial charge in [0, 0.05) is 12.4 Å². The number of nitrogens with two attached hydrogens (primary N) is 2. The predicted octanol–water partition coefficient (Wildman–Crippen LogP) is -0.412. The predicted molar refractivity (Wildman–Crippen MR) is 46.0 cm³/mol. The van der Waals surface area contributed by atoms with Crippen LogP contribution in [0.4, 0.5) is 0 Å². The van der Waals surface area contributed by atoms with E-state index in [1.54, 1.807) is 6.92 Å². The standard InChI is InChI=1S/C8H9N3O2/c1-4-5(7(9)12)2-11-3-6(4)8(10)13/h2-3H,1H3,(H2,9,12)(H2,10,13).